The van der Waals surface area contributed by atoms with Crippen molar-refractivity contribution in [3.63, 3.8) is 0 Å². The number of hydrogen-bond donors (Lipinski definition) is 1. The highest BCUT2D eigenvalue weighted by Crippen LogP contribution is 2.18. The Kier molecular flexibility index (Phi) is 3.99. The molecule has 0 saturated carbocycles. The van der Waals surface area contributed by atoms with Crippen molar-refractivity contribution in [3.05, 3.63) is 46.5 Å². The number of aryl methyl sites for hydroxylation is 2. The molecule has 0 aliphatic carbocycles. The lowest BCUT2D eigenvalue weighted by molar-refractivity contribution is 0.170. The zero-order valence-corrected chi connectivity index (χ0v) is 11.2. The quantitative estimate of drug-likeness (QED) is 0.924. The first kappa shape index (κ1) is 13.1. The lowest BCUT2D eigenvalue weighted by Crippen LogP contribution is -2.09. The Morgan fingerprint density at radius 3 is 2.83 bits per heavy atom. The minimum atomic E-state index is -0.635. The molecule has 0 aliphatic heterocycles. The van der Waals surface area contributed by atoms with Crippen molar-refractivity contribution in [2.24, 2.45) is 0 Å². The Bertz CT molecular complexity index is 522. The molecule has 0 amide bonds. The van der Waals surface area contributed by atoms with Crippen LogP contribution >= 0.6 is 11.6 Å². The van der Waals surface area contributed by atoms with Gasteiger partial charge in [0.15, 0.2) is 0 Å². The van der Waals surface area contributed by atoms with Crippen LogP contribution < -0.4 is 0 Å². The fraction of sp³-hybridized carbons (Fsp3) is 0.385. The van der Waals surface area contributed by atoms with Gasteiger partial charge in [-0.3, -0.25) is 9.67 Å². The predicted molar refractivity (Wildman–Crippen MR) is 70.5 cm³/mol. The van der Waals surface area contributed by atoms with Crippen LogP contribution in [0.4, 0.5) is 0 Å². The van der Waals surface area contributed by atoms with E-state index in [0.717, 1.165) is 17.9 Å². The highest BCUT2D eigenvalue weighted by Gasteiger charge is 2.13. The standard InChI is InChI=1S/C13H16ClN3O/c1-3-17-11(6-9(2)16-17)7-13(18)12-5-4-10(14)8-15-12/h4-6,8,13,18H,3,7H2,1-2H3. The van der Waals surface area contributed by atoms with E-state index >= 15 is 0 Å². The second kappa shape index (κ2) is 5.50. The molecule has 0 saturated heterocycles. The average molecular weight is 266 g/mol. The van der Waals surface area contributed by atoms with E-state index in [1.807, 2.05) is 24.6 Å². The molecule has 5 heteroatoms. The van der Waals surface area contributed by atoms with Gasteiger partial charge in [0.2, 0.25) is 0 Å². The molecule has 1 unspecified atom stereocenters. The molecule has 2 aromatic rings. The van der Waals surface area contributed by atoms with Gasteiger partial charge in [0.25, 0.3) is 0 Å². The number of pyridine rings is 1. The molecule has 0 bridgehead atoms. The van der Waals surface area contributed by atoms with Gasteiger partial charge in [-0.1, -0.05) is 11.6 Å². The van der Waals surface area contributed by atoms with Gasteiger partial charge < -0.3 is 5.11 Å². The van der Waals surface area contributed by atoms with Gasteiger partial charge >= 0.3 is 0 Å². The smallest absolute Gasteiger partial charge is 0.101 e. The zero-order valence-electron chi connectivity index (χ0n) is 10.5. The van der Waals surface area contributed by atoms with E-state index in [4.69, 9.17) is 11.6 Å². The van der Waals surface area contributed by atoms with Crippen LogP contribution in [0.3, 0.4) is 0 Å². The molecule has 2 rings (SSSR count). The molecular formula is C13H16ClN3O. The van der Waals surface area contributed by atoms with Crippen molar-refractivity contribution in [3.8, 4) is 0 Å². The van der Waals surface area contributed by atoms with Crippen LogP contribution in [-0.2, 0) is 13.0 Å². The normalized spacial score (nSPS) is 12.7. The molecule has 0 radical (unpaired) electrons. The lowest BCUT2D eigenvalue weighted by Gasteiger charge is -2.11. The predicted octanol–water partition coefficient (Wildman–Crippen LogP) is 2.54. The summed E-state index contributed by atoms with van der Waals surface area (Å²) in [5, 5.41) is 15.1. The summed E-state index contributed by atoms with van der Waals surface area (Å²) in [5.41, 5.74) is 2.60. The molecule has 1 N–H and O–H groups in total. The van der Waals surface area contributed by atoms with E-state index in [-0.39, 0.29) is 0 Å². The van der Waals surface area contributed by atoms with E-state index in [0.29, 0.717) is 17.1 Å². The second-order valence-electron chi connectivity index (χ2n) is 4.21. The number of hydrogen-bond acceptors (Lipinski definition) is 3. The maximum Gasteiger partial charge on any atom is 0.101 e. The van der Waals surface area contributed by atoms with Crippen molar-refractivity contribution >= 4 is 11.6 Å². The number of halogens is 1. The van der Waals surface area contributed by atoms with Crippen molar-refractivity contribution < 1.29 is 5.11 Å². The fourth-order valence-corrected chi connectivity index (χ4v) is 2.04. The van der Waals surface area contributed by atoms with Gasteiger partial charge in [-0.15, -0.1) is 0 Å². The summed E-state index contributed by atoms with van der Waals surface area (Å²) in [6.45, 7) is 4.77. The second-order valence-corrected chi connectivity index (χ2v) is 4.65. The van der Waals surface area contributed by atoms with E-state index in [9.17, 15) is 5.11 Å². The minimum Gasteiger partial charge on any atom is -0.386 e. The van der Waals surface area contributed by atoms with Gasteiger partial charge in [0, 0.05) is 24.9 Å². The third kappa shape index (κ3) is 2.89. The number of aliphatic hydroxyl groups is 1. The topological polar surface area (TPSA) is 50.9 Å². The van der Waals surface area contributed by atoms with Crippen molar-refractivity contribution in [2.75, 3.05) is 0 Å². The highest BCUT2D eigenvalue weighted by molar-refractivity contribution is 6.30. The first-order valence-electron chi connectivity index (χ1n) is 5.93. The number of aromatic nitrogens is 3. The molecule has 96 valence electrons. The van der Waals surface area contributed by atoms with Gasteiger partial charge in [-0.2, -0.15) is 5.10 Å². The highest BCUT2D eigenvalue weighted by atomic mass is 35.5. The van der Waals surface area contributed by atoms with Crippen LogP contribution in [0, 0.1) is 6.92 Å². The summed E-state index contributed by atoms with van der Waals surface area (Å²) in [7, 11) is 0. The summed E-state index contributed by atoms with van der Waals surface area (Å²) in [4.78, 5) is 4.13. The first-order chi connectivity index (χ1) is 8.60. The minimum absolute atomic E-state index is 0.503. The van der Waals surface area contributed by atoms with Crippen LogP contribution in [0.1, 0.15) is 30.1 Å². The molecule has 0 aliphatic rings. The number of nitrogens with zero attached hydrogens (tertiary/aromatic N) is 3. The van der Waals surface area contributed by atoms with Crippen LogP contribution in [0.5, 0.6) is 0 Å². The molecule has 18 heavy (non-hydrogen) atoms. The Hall–Kier alpha value is -1.39. The van der Waals surface area contributed by atoms with Gasteiger partial charge in [0.05, 0.1) is 16.4 Å². The largest absolute Gasteiger partial charge is 0.386 e. The molecule has 2 heterocycles. The van der Waals surface area contributed by atoms with E-state index in [2.05, 4.69) is 10.1 Å². The fourth-order valence-electron chi connectivity index (χ4n) is 1.92. The summed E-state index contributed by atoms with van der Waals surface area (Å²) < 4.78 is 1.90. The molecule has 0 spiro atoms. The first-order valence-corrected chi connectivity index (χ1v) is 6.30. The molecule has 0 aromatic carbocycles. The molecule has 4 nitrogen and oxygen atoms in total. The molecular weight excluding hydrogens is 250 g/mol. The van der Waals surface area contributed by atoms with Gasteiger partial charge in [0.1, 0.15) is 6.10 Å². The lowest BCUT2D eigenvalue weighted by atomic mass is 10.1. The van der Waals surface area contributed by atoms with E-state index in [1.54, 1.807) is 18.3 Å². The third-order valence-electron chi connectivity index (χ3n) is 2.78. The number of aliphatic hydroxyl groups excluding tert-OH is 1. The Labute approximate surface area is 111 Å². The Morgan fingerprint density at radius 1 is 1.44 bits per heavy atom. The van der Waals surface area contributed by atoms with Gasteiger partial charge in [-0.05, 0) is 32.0 Å². The Balaban J connectivity index is 2.15. The maximum absolute atomic E-state index is 10.1. The Morgan fingerprint density at radius 2 is 2.22 bits per heavy atom. The van der Waals surface area contributed by atoms with Crippen molar-refractivity contribution in [2.45, 2.75) is 32.9 Å². The average Bonchev–Trinajstić information content (AvgIpc) is 2.70. The summed E-state index contributed by atoms with van der Waals surface area (Å²) >= 11 is 5.77. The monoisotopic (exact) mass is 265 g/mol. The number of rotatable bonds is 4. The molecule has 1 atom stereocenters. The van der Waals surface area contributed by atoms with Crippen molar-refractivity contribution in [1.82, 2.24) is 14.8 Å². The summed E-state index contributed by atoms with van der Waals surface area (Å²) in [6.07, 6.45) is 1.41. The molecule has 0 fully saturated rings. The summed E-state index contributed by atoms with van der Waals surface area (Å²) in [5.74, 6) is 0. The van der Waals surface area contributed by atoms with E-state index < -0.39 is 6.10 Å². The van der Waals surface area contributed by atoms with Gasteiger partial charge in [-0.25, -0.2) is 0 Å². The SMILES string of the molecule is CCn1nc(C)cc1CC(O)c1ccc(Cl)cn1. The van der Waals surface area contributed by atoms with Crippen LogP contribution in [0.2, 0.25) is 5.02 Å². The van der Waals surface area contributed by atoms with Crippen LogP contribution in [0.25, 0.3) is 0 Å². The summed E-state index contributed by atoms with van der Waals surface area (Å²) in [6, 6.07) is 5.46. The maximum atomic E-state index is 10.1. The molecule has 2 aromatic heterocycles. The van der Waals surface area contributed by atoms with Crippen LogP contribution in [0.15, 0.2) is 24.4 Å². The van der Waals surface area contributed by atoms with Crippen LogP contribution in [-0.4, -0.2) is 19.9 Å². The van der Waals surface area contributed by atoms with Crippen molar-refractivity contribution in [1.29, 1.82) is 0 Å². The zero-order chi connectivity index (χ0) is 13.1. The van der Waals surface area contributed by atoms with E-state index in [1.165, 1.54) is 0 Å². The third-order valence-corrected chi connectivity index (χ3v) is 3.00.